The van der Waals surface area contributed by atoms with Gasteiger partial charge in [-0.2, -0.15) is 5.26 Å². The van der Waals surface area contributed by atoms with E-state index in [-0.39, 0.29) is 10.9 Å². The van der Waals surface area contributed by atoms with E-state index in [1.807, 2.05) is 19.9 Å². The van der Waals surface area contributed by atoms with E-state index in [4.69, 9.17) is 5.26 Å². The quantitative estimate of drug-likeness (QED) is 0.938. The zero-order valence-corrected chi connectivity index (χ0v) is 13.5. The summed E-state index contributed by atoms with van der Waals surface area (Å²) in [6.45, 7) is 5.53. The number of nitriles is 1. The van der Waals surface area contributed by atoms with Crippen molar-refractivity contribution in [2.75, 3.05) is 0 Å². The van der Waals surface area contributed by atoms with Crippen molar-refractivity contribution in [3.63, 3.8) is 0 Å². The summed E-state index contributed by atoms with van der Waals surface area (Å²) in [5.41, 5.74) is 1.15. The molecule has 5 nitrogen and oxygen atoms in total. The van der Waals surface area contributed by atoms with E-state index in [0.717, 1.165) is 15.6 Å². The largest absolute Gasteiger partial charge is 0.247 e. The molecule has 0 bridgehead atoms. The standard InChI is InChI=1S/C14H15N3O2S2/c1-9-14(20-11(3)16-9)10(2)17-21(18,19)13-6-4-5-12(7-13)8-15/h4-7,10,17H,1-3H3. The second kappa shape index (κ2) is 5.93. The summed E-state index contributed by atoms with van der Waals surface area (Å²) < 4.78 is 27.4. The Morgan fingerprint density at radius 1 is 1.38 bits per heavy atom. The van der Waals surface area contributed by atoms with Crippen LogP contribution in [-0.4, -0.2) is 13.4 Å². The van der Waals surface area contributed by atoms with Crippen molar-refractivity contribution in [1.29, 1.82) is 5.26 Å². The lowest BCUT2D eigenvalue weighted by Crippen LogP contribution is -2.26. The van der Waals surface area contributed by atoms with Crippen LogP contribution in [0.5, 0.6) is 0 Å². The zero-order valence-electron chi connectivity index (χ0n) is 11.9. The van der Waals surface area contributed by atoms with Gasteiger partial charge in [0.25, 0.3) is 0 Å². The molecule has 0 aliphatic carbocycles. The fraction of sp³-hybridized carbons (Fsp3) is 0.286. The molecule has 2 rings (SSSR count). The molecule has 0 aliphatic heterocycles. The van der Waals surface area contributed by atoms with Gasteiger partial charge in [-0.25, -0.2) is 18.1 Å². The number of aromatic nitrogens is 1. The van der Waals surface area contributed by atoms with Crippen LogP contribution < -0.4 is 4.72 Å². The van der Waals surface area contributed by atoms with Crippen LogP contribution >= 0.6 is 11.3 Å². The number of hydrogen-bond donors (Lipinski definition) is 1. The van der Waals surface area contributed by atoms with E-state index in [0.29, 0.717) is 5.56 Å². The molecule has 110 valence electrons. The van der Waals surface area contributed by atoms with Crippen molar-refractivity contribution < 1.29 is 8.42 Å². The van der Waals surface area contributed by atoms with Crippen LogP contribution in [-0.2, 0) is 10.0 Å². The second-order valence-corrected chi connectivity index (χ2v) is 7.61. The third-order valence-corrected chi connectivity index (χ3v) is 5.73. The summed E-state index contributed by atoms with van der Waals surface area (Å²) in [6.07, 6.45) is 0. The average Bonchev–Trinajstić information content (AvgIpc) is 2.77. The predicted molar refractivity (Wildman–Crippen MR) is 81.5 cm³/mol. The van der Waals surface area contributed by atoms with Gasteiger partial charge in [-0.3, -0.25) is 0 Å². The summed E-state index contributed by atoms with van der Waals surface area (Å²) in [5, 5.41) is 9.76. The number of nitrogens with one attached hydrogen (secondary N) is 1. The smallest absolute Gasteiger partial charge is 0.241 e. The summed E-state index contributed by atoms with van der Waals surface area (Å²) in [4.78, 5) is 5.29. The molecule has 1 aromatic carbocycles. The van der Waals surface area contributed by atoms with Gasteiger partial charge in [0.2, 0.25) is 10.0 Å². The van der Waals surface area contributed by atoms with E-state index in [1.54, 1.807) is 19.1 Å². The van der Waals surface area contributed by atoms with Crippen LogP contribution in [0, 0.1) is 25.2 Å². The van der Waals surface area contributed by atoms with Gasteiger partial charge in [-0.05, 0) is 39.0 Å². The first-order valence-electron chi connectivity index (χ1n) is 6.30. The molecule has 1 unspecified atom stereocenters. The molecule has 0 saturated heterocycles. The van der Waals surface area contributed by atoms with Crippen molar-refractivity contribution >= 4 is 21.4 Å². The Kier molecular flexibility index (Phi) is 4.42. The maximum absolute atomic E-state index is 12.4. The minimum absolute atomic E-state index is 0.0901. The monoisotopic (exact) mass is 321 g/mol. The van der Waals surface area contributed by atoms with Crippen LogP contribution in [0.25, 0.3) is 0 Å². The van der Waals surface area contributed by atoms with Crippen LogP contribution in [0.4, 0.5) is 0 Å². The molecule has 0 fully saturated rings. The Morgan fingerprint density at radius 2 is 2.10 bits per heavy atom. The lowest BCUT2D eigenvalue weighted by atomic mass is 10.2. The predicted octanol–water partition coefficient (Wildman–Crippen LogP) is 2.67. The molecule has 0 radical (unpaired) electrons. The van der Waals surface area contributed by atoms with Gasteiger partial charge in [0.15, 0.2) is 0 Å². The van der Waals surface area contributed by atoms with Gasteiger partial charge in [0, 0.05) is 4.88 Å². The molecule has 1 atom stereocenters. The second-order valence-electron chi connectivity index (χ2n) is 4.67. The molecule has 0 saturated carbocycles. The summed E-state index contributed by atoms with van der Waals surface area (Å²) in [7, 11) is -3.67. The molecule has 2 aromatic rings. The van der Waals surface area contributed by atoms with E-state index >= 15 is 0 Å². The van der Waals surface area contributed by atoms with Crippen LogP contribution in [0.15, 0.2) is 29.2 Å². The summed E-state index contributed by atoms with van der Waals surface area (Å²) in [6, 6.07) is 7.53. The molecular weight excluding hydrogens is 306 g/mol. The fourth-order valence-electron chi connectivity index (χ4n) is 2.04. The minimum Gasteiger partial charge on any atom is -0.247 e. The lowest BCUT2D eigenvalue weighted by molar-refractivity contribution is 0.568. The highest BCUT2D eigenvalue weighted by Gasteiger charge is 2.21. The van der Waals surface area contributed by atoms with Crippen molar-refractivity contribution in [2.45, 2.75) is 31.7 Å². The average molecular weight is 321 g/mol. The van der Waals surface area contributed by atoms with E-state index in [1.165, 1.54) is 23.5 Å². The Bertz CT molecular complexity index is 804. The summed E-state index contributed by atoms with van der Waals surface area (Å²) >= 11 is 1.48. The summed E-state index contributed by atoms with van der Waals surface area (Å²) in [5.74, 6) is 0. The Morgan fingerprint density at radius 3 is 2.67 bits per heavy atom. The van der Waals surface area contributed by atoms with Crippen molar-refractivity contribution in [1.82, 2.24) is 9.71 Å². The molecular formula is C14H15N3O2S2. The molecule has 7 heteroatoms. The highest BCUT2D eigenvalue weighted by atomic mass is 32.2. The Balaban J connectivity index is 2.29. The molecule has 0 aliphatic rings. The zero-order chi connectivity index (χ0) is 15.6. The molecule has 1 aromatic heterocycles. The van der Waals surface area contributed by atoms with Crippen molar-refractivity contribution in [2.24, 2.45) is 0 Å². The van der Waals surface area contributed by atoms with Gasteiger partial charge in [-0.15, -0.1) is 11.3 Å². The van der Waals surface area contributed by atoms with Crippen LogP contribution in [0.1, 0.15) is 34.1 Å². The third-order valence-electron chi connectivity index (χ3n) is 2.94. The first kappa shape index (κ1) is 15.6. The van der Waals surface area contributed by atoms with E-state index in [9.17, 15) is 8.42 Å². The molecule has 1 heterocycles. The lowest BCUT2D eigenvalue weighted by Gasteiger charge is -2.13. The van der Waals surface area contributed by atoms with E-state index < -0.39 is 10.0 Å². The Hall–Kier alpha value is -1.75. The van der Waals surface area contributed by atoms with Crippen LogP contribution in [0.2, 0.25) is 0 Å². The van der Waals surface area contributed by atoms with E-state index in [2.05, 4.69) is 9.71 Å². The third kappa shape index (κ3) is 3.47. The number of nitrogens with zero attached hydrogens (tertiary/aromatic N) is 2. The minimum atomic E-state index is -3.67. The van der Waals surface area contributed by atoms with Gasteiger partial charge in [-0.1, -0.05) is 6.07 Å². The molecule has 0 amide bonds. The number of thiazole rings is 1. The van der Waals surface area contributed by atoms with Gasteiger partial charge in [0.05, 0.1) is 33.3 Å². The first-order valence-corrected chi connectivity index (χ1v) is 8.60. The fourth-order valence-corrected chi connectivity index (χ4v) is 4.30. The normalized spacial score (nSPS) is 12.9. The Labute approximate surface area is 128 Å². The number of aryl methyl sites for hydroxylation is 2. The maximum atomic E-state index is 12.4. The van der Waals surface area contributed by atoms with Gasteiger partial charge < -0.3 is 0 Å². The molecule has 1 N–H and O–H groups in total. The topological polar surface area (TPSA) is 82.8 Å². The SMILES string of the molecule is Cc1nc(C)c(C(C)NS(=O)(=O)c2cccc(C#N)c2)s1. The van der Waals surface area contributed by atoms with Crippen LogP contribution in [0.3, 0.4) is 0 Å². The number of rotatable bonds is 4. The number of benzene rings is 1. The number of sulfonamides is 1. The maximum Gasteiger partial charge on any atom is 0.241 e. The highest BCUT2D eigenvalue weighted by Crippen LogP contribution is 2.26. The van der Waals surface area contributed by atoms with Gasteiger partial charge >= 0.3 is 0 Å². The number of hydrogen-bond acceptors (Lipinski definition) is 5. The van der Waals surface area contributed by atoms with Crippen molar-refractivity contribution in [3.8, 4) is 6.07 Å². The molecule has 21 heavy (non-hydrogen) atoms. The highest BCUT2D eigenvalue weighted by molar-refractivity contribution is 7.89. The van der Waals surface area contributed by atoms with Gasteiger partial charge in [0.1, 0.15) is 0 Å². The van der Waals surface area contributed by atoms with Crippen molar-refractivity contribution in [3.05, 3.63) is 45.4 Å². The first-order chi connectivity index (χ1) is 9.83. The molecule has 0 spiro atoms.